The van der Waals surface area contributed by atoms with E-state index in [2.05, 4.69) is 19.9 Å². The number of anilines is 1. The van der Waals surface area contributed by atoms with Crippen LogP contribution in [0.2, 0.25) is 0 Å². The highest BCUT2D eigenvalue weighted by atomic mass is 32.1. The Balaban J connectivity index is 1.99. The molecule has 0 aliphatic heterocycles. The Labute approximate surface area is 90.2 Å². The van der Waals surface area contributed by atoms with Gasteiger partial charge in [0.25, 0.3) is 0 Å². The third-order valence-corrected chi connectivity index (χ3v) is 2.45. The van der Waals surface area contributed by atoms with E-state index >= 15 is 0 Å². The van der Waals surface area contributed by atoms with E-state index in [1.165, 1.54) is 6.33 Å². The Bertz CT molecular complexity index is 458. The van der Waals surface area contributed by atoms with Crippen LogP contribution in [0.3, 0.4) is 0 Å². The van der Waals surface area contributed by atoms with Crippen molar-refractivity contribution in [2.24, 2.45) is 0 Å². The summed E-state index contributed by atoms with van der Waals surface area (Å²) in [5, 5.41) is 0.881. The molecule has 0 atom stereocenters. The molecule has 2 N–H and O–H groups in total. The van der Waals surface area contributed by atoms with Gasteiger partial charge in [0, 0.05) is 11.1 Å². The van der Waals surface area contributed by atoms with Crippen molar-refractivity contribution in [1.29, 1.82) is 0 Å². The minimum absolute atomic E-state index is 0.148. The summed E-state index contributed by atoms with van der Waals surface area (Å²) in [6.45, 7) is 2.34. The number of nitrogens with two attached hydrogens (primary N) is 1. The first kappa shape index (κ1) is 9.78. The van der Waals surface area contributed by atoms with Gasteiger partial charge in [-0.15, -0.1) is 11.3 Å². The van der Waals surface area contributed by atoms with E-state index in [9.17, 15) is 0 Å². The van der Waals surface area contributed by atoms with Crippen LogP contribution in [0.25, 0.3) is 0 Å². The Hall–Kier alpha value is -1.76. The third kappa shape index (κ3) is 2.59. The van der Waals surface area contributed by atoms with Crippen LogP contribution in [0.5, 0.6) is 6.01 Å². The van der Waals surface area contributed by atoms with Gasteiger partial charge in [-0.1, -0.05) is 0 Å². The van der Waals surface area contributed by atoms with E-state index in [0.717, 1.165) is 9.88 Å². The van der Waals surface area contributed by atoms with Gasteiger partial charge in [-0.25, -0.2) is 9.97 Å². The van der Waals surface area contributed by atoms with E-state index in [0.29, 0.717) is 6.61 Å². The van der Waals surface area contributed by atoms with Crippen molar-refractivity contribution in [2.75, 3.05) is 5.73 Å². The first-order valence-corrected chi connectivity index (χ1v) is 5.04. The monoisotopic (exact) mass is 223 g/mol. The van der Waals surface area contributed by atoms with E-state index in [-0.39, 0.29) is 12.0 Å². The Morgan fingerprint density at radius 2 is 2.27 bits per heavy atom. The van der Waals surface area contributed by atoms with Gasteiger partial charge in [-0.05, 0) is 6.92 Å². The molecule has 0 radical (unpaired) electrons. The van der Waals surface area contributed by atoms with Gasteiger partial charge in [0.2, 0.25) is 5.95 Å². The number of aromatic nitrogens is 4. The van der Waals surface area contributed by atoms with Crippen molar-refractivity contribution < 1.29 is 4.74 Å². The average Bonchev–Trinajstić information content (AvgIpc) is 2.62. The fraction of sp³-hybridized carbons (Fsp3) is 0.250. The van der Waals surface area contributed by atoms with Crippen molar-refractivity contribution in [3.05, 3.63) is 22.4 Å². The van der Waals surface area contributed by atoms with Gasteiger partial charge >= 0.3 is 6.01 Å². The summed E-state index contributed by atoms with van der Waals surface area (Å²) < 4.78 is 5.29. The van der Waals surface area contributed by atoms with Crippen LogP contribution in [0.4, 0.5) is 5.95 Å². The normalized spacial score (nSPS) is 10.2. The van der Waals surface area contributed by atoms with Crippen molar-refractivity contribution in [2.45, 2.75) is 13.5 Å². The van der Waals surface area contributed by atoms with Gasteiger partial charge < -0.3 is 10.5 Å². The standard InChI is InChI=1S/C8H9N5OS/c1-5-2-10-6(15-5)3-14-8-12-4-11-7(9)13-8/h2,4H,3H2,1H3,(H2,9,11,12,13). The molecular formula is C8H9N5OS. The molecular weight excluding hydrogens is 214 g/mol. The summed E-state index contributed by atoms with van der Waals surface area (Å²) in [7, 11) is 0. The van der Waals surface area contributed by atoms with Crippen LogP contribution in [-0.2, 0) is 6.61 Å². The summed E-state index contributed by atoms with van der Waals surface area (Å²) in [6, 6.07) is 0.218. The lowest BCUT2D eigenvalue weighted by Crippen LogP contribution is -2.02. The molecule has 2 aromatic rings. The molecule has 15 heavy (non-hydrogen) atoms. The molecule has 2 rings (SSSR count). The maximum Gasteiger partial charge on any atom is 0.321 e. The summed E-state index contributed by atoms with van der Waals surface area (Å²) in [4.78, 5) is 16.6. The second-order valence-corrected chi connectivity index (χ2v) is 4.10. The van der Waals surface area contributed by atoms with E-state index < -0.39 is 0 Å². The van der Waals surface area contributed by atoms with Crippen molar-refractivity contribution >= 4 is 17.3 Å². The molecule has 0 saturated heterocycles. The maximum absolute atomic E-state index is 5.38. The van der Waals surface area contributed by atoms with Gasteiger partial charge in [0.1, 0.15) is 17.9 Å². The number of aryl methyl sites for hydroxylation is 1. The van der Waals surface area contributed by atoms with Crippen LogP contribution < -0.4 is 10.5 Å². The summed E-state index contributed by atoms with van der Waals surface area (Å²) in [5.41, 5.74) is 5.38. The van der Waals surface area contributed by atoms with Crippen molar-refractivity contribution in [3.8, 4) is 6.01 Å². The third-order valence-electron chi connectivity index (χ3n) is 1.56. The highest BCUT2D eigenvalue weighted by molar-refractivity contribution is 7.11. The number of ether oxygens (including phenoxy) is 1. The molecule has 7 heteroatoms. The number of thiazole rings is 1. The average molecular weight is 223 g/mol. The quantitative estimate of drug-likeness (QED) is 0.828. The Morgan fingerprint density at radius 1 is 1.40 bits per heavy atom. The predicted octanol–water partition coefficient (Wildman–Crippen LogP) is 0.798. The Kier molecular flexibility index (Phi) is 2.72. The lowest BCUT2D eigenvalue weighted by Gasteiger charge is -2.00. The lowest BCUT2D eigenvalue weighted by molar-refractivity contribution is 0.279. The van der Waals surface area contributed by atoms with Crippen LogP contribution in [0.1, 0.15) is 9.88 Å². The molecule has 0 fully saturated rings. The van der Waals surface area contributed by atoms with Crippen LogP contribution in [0, 0.1) is 6.92 Å². The summed E-state index contributed by atoms with van der Waals surface area (Å²) in [6.07, 6.45) is 3.11. The maximum atomic E-state index is 5.38. The topological polar surface area (TPSA) is 86.8 Å². The van der Waals surface area contributed by atoms with Crippen LogP contribution in [-0.4, -0.2) is 19.9 Å². The summed E-state index contributed by atoms with van der Waals surface area (Å²) >= 11 is 1.57. The molecule has 78 valence electrons. The lowest BCUT2D eigenvalue weighted by atomic mass is 10.6. The zero-order chi connectivity index (χ0) is 10.7. The fourth-order valence-corrected chi connectivity index (χ4v) is 1.66. The number of hydrogen-bond donors (Lipinski definition) is 1. The highest BCUT2D eigenvalue weighted by Crippen LogP contribution is 2.13. The number of hydrogen-bond acceptors (Lipinski definition) is 7. The molecule has 0 saturated carbocycles. The van der Waals surface area contributed by atoms with Gasteiger partial charge in [-0.2, -0.15) is 9.97 Å². The Morgan fingerprint density at radius 3 is 2.93 bits per heavy atom. The second kappa shape index (κ2) is 4.18. The molecule has 0 aliphatic rings. The van der Waals surface area contributed by atoms with Crippen molar-refractivity contribution in [1.82, 2.24) is 19.9 Å². The molecule has 2 heterocycles. The predicted molar refractivity (Wildman–Crippen MR) is 55.4 cm³/mol. The molecule has 0 unspecified atom stereocenters. The smallest absolute Gasteiger partial charge is 0.321 e. The molecule has 0 spiro atoms. The van der Waals surface area contributed by atoms with Crippen LogP contribution in [0.15, 0.2) is 12.5 Å². The number of nitrogens with zero attached hydrogens (tertiary/aromatic N) is 4. The largest absolute Gasteiger partial charge is 0.456 e. The van der Waals surface area contributed by atoms with E-state index in [4.69, 9.17) is 10.5 Å². The molecule has 0 aromatic carbocycles. The zero-order valence-electron chi connectivity index (χ0n) is 8.04. The molecule has 0 aliphatic carbocycles. The number of rotatable bonds is 3. The van der Waals surface area contributed by atoms with Crippen LogP contribution >= 0.6 is 11.3 Å². The highest BCUT2D eigenvalue weighted by Gasteiger charge is 2.02. The number of nitrogen functional groups attached to an aromatic ring is 1. The molecule has 6 nitrogen and oxygen atoms in total. The van der Waals surface area contributed by atoms with Crippen molar-refractivity contribution in [3.63, 3.8) is 0 Å². The van der Waals surface area contributed by atoms with E-state index in [1.54, 1.807) is 17.5 Å². The van der Waals surface area contributed by atoms with Gasteiger partial charge in [0.15, 0.2) is 0 Å². The molecule has 2 aromatic heterocycles. The van der Waals surface area contributed by atoms with E-state index in [1.807, 2.05) is 6.92 Å². The zero-order valence-corrected chi connectivity index (χ0v) is 8.86. The first-order chi connectivity index (χ1) is 7.24. The van der Waals surface area contributed by atoms with Gasteiger partial charge in [-0.3, -0.25) is 0 Å². The van der Waals surface area contributed by atoms with Gasteiger partial charge in [0.05, 0.1) is 0 Å². The SMILES string of the molecule is Cc1cnc(COc2ncnc(N)n2)s1. The molecule has 0 bridgehead atoms. The minimum atomic E-state index is 0.148. The molecule has 0 amide bonds. The summed E-state index contributed by atoms with van der Waals surface area (Å²) in [5.74, 6) is 0.148. The first-order valence-electron chi connectivity index (χ1n) is 4.22. The second-order valence-electron chi connectivity index (χ2n) is 2.78. The minimum Gasteiger partial charge on any atom is -0.456 e. The fourth-order valence-electron chi connectivity index (χ4n) is 0.957.